The molecule has 1 N–H and O–H groups in total. The Morgan fingerprint density at radius 1 is 1.12 bits per heavy atom. The van der Waals surface area contributed by atoms with Crippen LogP contribution in [0.4, 0.5) is 10.1 Å². The Morgan fingerprint density at radius 3 is 2.42 bits per heavy atom. The van der Waals surface area contributed by atoms with E-state index in [1.807, 2.05) is 42.2 Å². The van der Waals surface area contributed by atoms with Gasteiger partial charge in [-0.15, -0.1) is 0 Å². The number of ether oxygens (including phenoxy) is 1. The van der Waals surface area contributed by atoms with Crippen molar-refractivity contribution in [2.24, 2.45) is 7.05 Å². The molecule has 1 unspecified atom stereocenters. The molecule has 0 saturated carbocycles. The molecule has 26 heavy (non-hydrogen) atoms. The molecule has 4 nitrogen and oxygen atoms in total. The summed E-state index contributed by atoms with van der Waals surface area (Å²) in [5.74, 6) is 0.605. The van der Waals surface area contributed by atoms with Gasteiger partial charge in [0.15, 0.2) is 0 Å². The summed E-state index contributed by atoms with van der Waals surface area (Å²) in [5, 5.41) is 8.12. The molecule has 0 amide bonds. The van der Waals surface area contributed by atoms with Gasteiger partial charge in [0.05, 0.1) is 24.5 Å². The van der Waals surface area contributed by atoms with Crippen molar-refractivity contribution in [3.05, 3.63) is 77.4 Å². The third kappa shape index (κ3) is 4.23. The molecular weight excluding hydrogens is 329 g/mol. The van der Waals surface area contributed by atoms with Crippen LogP contribution in [0.3, 0.4) is 0 Å². The first-order chi connectivity index (χ1) is 12.6. The van der Waals surface area contributed by atoms with E-state index in [1.165, 1.54) is 12.1 Å². The molecule has 1 atom stereocenters. The summed E-state index contributed by atoms with van der Waals surface area (Å²) in [5.41, 5.74) is 4.27. The fraction of sp³-hybridized carbons (Fsp3) is 0.286. The van der Waals surface area contributed by atoms with E-state index < -0.39 is 0 Å². The minimum absolute atomic E-state index is 0.0425. The highest BCUT2D eigenvalue weighted by molar-refractivity contribution is 5.49. The predicted octanol–water partition coefficient (Wildman–Crippen LogP) is 4.53. The molecular formula is C21H24FN3O. The Balaban J connectivity index is 1.90. The summed E-state index contributed by atoms with van der Waals surface area (Å²) in [6, 6.07) is 14.7. The maximum atomic E-state index is 13.2. The number of anilines is 1. The maximum Gasteiger partial charge on any atom is 0.123 e. The molecule has 1 heterocycles. The van der Waals surface area contributed by atoms with Gasteiger partial charge in [0.25, 0.3) is 0 Å². The molecule has 5 heteroatoms. The molecule has 0 aliphatic heterocycles. The van der Waals surface area contributed by atoms with Gasteiger partial charge in [-0.25, -0.2) is 4.39 Å². The molecule has 0 aliphatic rings. The van der Waals surface area contributed by atoms with Crippen LogP contribution in [0.15, 0.2) is 54.7 Å². The third-order valence-corrected chi connectivity index (χ3v) is 4.44. The zero-order valence-corrected chi connectivity index (χ0v) is 15.4. The molecule has 0 spiro atoms. The zero-order chi connectivity index (χ0) is 18.5. The zero-order valence-electron chi connectivity index (χ0n) is 15.4. The van der Waals surface area contributed by atoms with Gasteiger partial charge in [0.2, 0.25) is 0 Å². The van der Waals surface area contributed by atoms with E-state index in [0.29, 0.717) is 0 Å². The second-order valence-corrected chi connectivity index (χ2v) is 6.32. The molecule has 0 fully saturated rings. The first-order valence-electron chi connectivity index (χ1n) is 8.76. The molecule has 136 valence electrons. The van der Waals surface area contributed by atoms with Crippen molar-refractivity contribution in [2.75, 3.05) is 12.4 Å². The minimum atomic E-state index is -0.219. The normalized spacial score (nSPS) is 12.0. The van der Waals surface area contributed by atoms with Crippen LogP contribution in [-0.4, -0.2) is 16.9 Å². The molecule has 0 aliphatic carbocycles. The Morgan fingerprint density at radius 2 is 1.81 bits per heavy atom. The van der Waals surface area contributed by atoms with Crippen LogP contribution >= 0.6 is 0 Å². The van der Waals surface area contributed by atoms with Crippen molar-refractivity contribution in [2.45, 2.75) is 25.8 Å². The van der Waals surface area contributed by atoms with Crippen LogP contribution in [0.1, 0.15) is 29.8 Å². The van der Waals surface area contributed by atoms with E-state index in [9.17, 15) is 4.39 Å². The lowest BCUT2D eigenvalue weighted by molar-refractivity contribution is 0.414. The van der Waals surface area contributed by atoms with Gasteiger partial charge in [-0.3, -0.25) is 4.68 Å². The molecule has 0 saturated heterocycles. The SMILES string of the molecule is CCc1nn(C)cc1NC(Cc1ccc(F)cc1)c1ccc(OC)cc1. The van der Waals surface area contributed by atoms with Crippen LogP contribution in [0.25, 0.3) is 0 Å². The highest BCUT2D eigenvalue weighted by atomic mass is 19.1. The number of nitrogens with zero attached hydrogens (tertiary/aromatic N) is 2. The van der Waals surface area contributed by atoms with Crippen molar-refractivity contribution in [3.63, 3.8) is 0 Å². The monoisotopic (exact) mass is 353 g/mol. The van der Waals surface area contributed by atoms with Crippen LogP contribution < -0.4 is 10.1 Å². The number of aromatic nitrogens is 2. The third-order valence-electron chi connectivity index (χ3n) is 4.44. The fourth-order valence-electron chi connectivity index (χ4n) is 3.05. The van der Waals surface area contributed by atoms with Gasteiger partial charge < -0.3 is 10.1 Å². The van der Waals surface area contributed by atoms with Gasteiger partial charge in [-0.1, -0.05) is 31.2 Å². The molecule has 3 rings (SSSR count). The number of rotatable bonds is 7. The highest BCUT2D eigenvalue weighted by Gasteiger charge is 2.16. The van der Waals surface area contributed by atoms with Crippen LogP contribution in [-0.2, 0) is 19.9 Å². The molecule has 0 bridgehead atoms. The number of methoxy groups -OCH3 is 1. The van der Waals surface area contributed by atoms with Crippen LogP contribution in [0, 0.1) is 5.82 Å². The maximum absolute atomic E-state index is 13.2. The largest absolute Gasteiger partial charge is 0.497 e. The van der Waals surface area contributed by atoms with Crippen molar-refractivity contribution >= 4 is 5.69 Å². The number of hydrogen-bond donors (Lipinski definition) is 1. The lowest BCUT2D eigenvalue weighted by Gasteiger charge is -2.21. The van der Waals surface area contributed by atoms with Gasteiger partial charge >= 0.3 is 0 Å². The van der Waals surface area contributed by atoms with Crippen molar-refractivity contribution < 1.29 is 9.13 Å². The van der Waals surface area contributed by atoms with E-state index in [2.05, 4.69) is 29.5 Å². The van der Waals surface area contributed by atoms with E-state index in [1.54, 1.807) is 7.11 Å². The average Bonchev–Trinajstić information content (AvgIpc) is 3.02. The Hall–Kier alpha value is -2.82. The van der Waals surface area contributed by atoms with Crippen molar-refractivity contribution in [1.29, 1.82) is 0 Å². The number of aryl methyl sites for hydroxylation is 2. The smallest absolute Gasteiger partial charge is 0.123 e. The Labute approximate surface area is 153 Å². The minimum Gasteiger partial charge on any atom is -0.497 e. The van der Waals surface area contributed by atoms with E-state index in [0.717, 1.165) is 41.1 Å². The Bertz CT molecular complexity index is 841. The molecule has 3 aromatic rings. The topological polar surface area (TPSA) is 39.1 Å². The summed E-state index contributed by atoms with van der Waals surface area (Å²) in [7, 11) is 3.58. The first-order valence-corrected chi connectivity index (χ1v) is 8.76. The lowest BCUT2D eigenvalue weighted by Crippen LogP contribution is -2.14. The van der Waals surface area contributed by atoms with E-state index in [4.69, 9.17) is 4.74 Å². The van der Waals surface area contributed by atoms with Crippen molar-refractivity contribution in [3.8, 4) is 5.75 Å². The number of halogens is 1. The lowest BCUT2D eigenvalue weighted by atomic mass is 9.98. The quantitative estimate of drug-likeness (QED) is 0.678. The number of hydrogen-bond acceptors (Lipinski definition) is 3. The van der Waals surface area contributed by atoms with Gasteiger partial charge in [-0.05, 0) is 48.2 Å². The summed E-state index contributed by atoms with van der Waals surface area (Å²) < 4.78 is 20.3. The van der Waals surface area contributed by atoms with Gasteiger partial charge in [0, 0.05) is 13.2 Å². The summed E-state index contributed by atoms with van der Waals surface area (Å²) >= 11 is 0. The van der Waals surface area contributed by atoms with Crippen molar-refractivity contribution in [1.82, 2.24) is 9.78 Å². The molecule has 2 aromatic carbocycles. The summed E-state index contributed by atoms with van der Waals surface area (Å²) in [4.78, 5) is 0. The van der Waals surface area contributed by atoms with Crippen LogP contribution in [0.5, 0.6) is 5.75 Å². The number of benzene rings is 2. The average molecular weight is 353 g/mol. The first kappa shape index (κ1) is 18.0. The van der Waals surface area contributed by atoms with Gasteiger partial charge in [0.1, 0.15) is 11.6 Å². The standard InChI is InChI=1S/C21H24FN3O/c1-4-19-21(14-25(2)24-19)23-20(13-15-5-9-17(22)10-6-15)16-7-11-18(26-3)12-8-16/h5-12,14,20,23H,4,13H2,1-3H3. The second kappa shape index (κ2) is 8.04. The van der Waals surface area contributed by atoms with E-state index >= 15 is 0 Å². The van der Waals surface area contributed by atoms with Crippen LogP contribution in [0.2, 0.25) is 0 Å². The summed E-state index contributed by atoms with van der Waals surface area (Å²) in [6.45, 7) is 2.09. The van der Waals surface area contributed by atoms with Gasteiger partial charge in [-0.2, -0.15) is 5.10 Å². The second-order valence-electron chi connectivity index (χ2n) is 6.32. The number of nitrogens with one attached hydrogen (secondary N) is 1. The molecule has 0 radical (unpaired) electrons. The highest BCUT2D eigenvalue weighted by Crippen LogP contribution is 2.27. The molecule has 1 aromatic heterocycles. The van der Waals surface area contributed by atoms with E-state index in [-0.39, 0.29) is 11.9 Å². The predicted molar refractivity (Wildman–Crippen MR) is 102 cm³/mol. The fourth-order valence-corrected chi connectivity index (χ4v) is 3.05. The summed E-state index contributed by atoms with van der Waals surface area (Å²) in [6.07, 6.45) is 3.60. The Kier molecular flexibility index (Phi) is 5.56.